The van der Waals surface area contributed by atoms with Crippen LogP contribution in [0.15, 0.2) is 120 Å². The van der Waals surface area contributed by atoms with Crippen molar-refractivity contribution >= 4 is 35.2 Å². The van der Waals surface area contributed by atoms with Gasteiger partial charge in [0.05, 0.1) is 13.7 Å². The summed E-state index contributed by atoms with van der Waals surface area (Å²) in [6.07, 6.45) is 6.09. The molecule has 0 amide bonds. The van der Waals surface area contributed by atoms with Crippen LogP contribution < -0.4 is 5.19 Å². The zero-order chi connectivity index (χ0) is 36.4. The van der Waals surface area contributed by atoms with Gasteiger partial charge < -0.3 is 14.4 Å². The Balaban J connectivity index is 0.000000210. The maximum Gasteiger partial charge on any atom is 0.121 e. The van der Waals surface area contributed by atoms with Gasteiger partial charge in [-0.05, 0) is 63.5 Å². The third kappa shape index (κ3) is 9.63. The molecule has 3 heterocycles. The minimum atomic E-state index is -1.37. The van der Waals surface area contributed by atoms with E-state index in [-0.39, 0.29) is 30.9 Å². The molecule has 0 atom stereocenters. The van der Waals surface area contributed by atoms with Gasteiger partial charge in [-0.2, -0.15) is 0 Å². The molecule has 0 aliphatic heterocycles. The number of hydrogen-bond donors (Lipinski definition) is 0. The SMILES string of the molecule is CC(C)(C)Cc1cc(-c2[c-]cccc2)ncc1[Si](C)(C)C.CC(C)(C)Cc1ccnc(-c2[c-]ccc3c2oc2cc(-c4ccccc4)ccc23)c1.[Ir]. The fraction of sp³-hybridized carbons (Fsp3) is 0.277. The largest absolute Gasteiger partial charge is 0.501 e. The normalized spacial score (nSPS) is 11.9. The Bertz CT molecular complexity index is 2260. The predicted octanol–water partition coefficient (Wildman–Crippen LogP) is 12.4. The molecule has 3 nitrogen and oxygen atoms in total. The summed E-state index contributed by atoms with van der Waals surface area (Å²) in [4.78, 5) is 9.34. The molecule has 0 N–H and O–H groups in total. The third-order valence-corrected chi connectivity index (χ3v) is 10.9. The molecular formula is C47H50IrN2OSi-2. The number of aromatic nitrogens is 2. The number of benzene rings is 4. The predicted molar refractivity (Wildman–Crippen MR) is 219 cm³/mol. The fourth-order valence-electron chi connectivity index (χ4n) is 6.67. The van der Waals surface area contributed by atoms with Crippen LogP contribution >= 0.6 is 0 Å². The molecule has 0 spiro atoms. The summed E-state index contributed by atoms with van der Waals surface area (Å²) >= 11 is 0. The summed E-state index contributed by atoms with van der Waals surface area (Å²) in [5.74, 6) is 0. The number of nitrogens with zero attached hydrogens (tertiary/aromatic N) is 2. The van der Waals surface area contributed by atoms with Crippen molar-refractivity contribution in [3.63, 3.8) is 0 Å². The summed E-state index contributed by atoms with van der Waals surface area (Å²) in [5.41, 5.74) is 11.3. The van der Waals surface area contributed by atoms with Crippen LogP contribution in [0.25, 0.3) is 55.6 Å². The third-order valence-electron chi connectivity index (χ3n) is 8.86. The van der Waals surface area contributed by atoms with Crippen molar-refractivity contribution in [2.24, 2.45) is 10.8 Å². The van der Waals surface area contributed by atoms with Crippen LogP contribution in [-0.2, 0) is 32.9 Å². The molecule has 0 saturated carbocycles. The second-order valence-corrected chi connectivity index (χ2v) is 22.1. The number of rotatable bonds is 6. The Hall–Kier alpha value is -4.15. The summed E-state index contributed by atoms with van der Waals surface area (Å²) in [7, 11) is -1.37. The fourth-order valence-corrected chi connectivity index (χ4v) is 8.24. The van der Waals surface area contributed by atoms with Crippen molar-refractivity contribution in [1.82, 2.24) is 9.97 Å². The molecule has 0 bridgehead atoms. The van der Waals surface area contributed by atoms with E-state index in [9.17, 15) is 0 Å². The van der Waals surface area contributed by atoms with Crippen LogP contribution in [-0.4, -0.2) is 18.0 Å². The van der Waals surface area contributed by atoms with Crippen LogP contribution in [0.1, 0.15) is 52.7 Å². The van der Waals surface area contributed by atoms with Crippen LogP contribution in [0.4, 0.5) is 0 Å². The smallest absolute Gasteiger partial charge is 0.121 e. The van der Waals surface area contributed by atoms with E-state index in [2.05, 4.69) is 157 Å². The molecule has 0 saturated heterocycles. The molecule has 5 heteroatoms. The number of hydrogen-bond acceptors (Lipinski definition) is 3. The van der Waals surface area contributed by atoms with Crippen LogP contribution in [0.5, 0.6) is 0 Å². The summed E-state index contributed by atoms with van der Waals surface area (Å²) in [5, 5.41) is 3.70. The van der Waals surface area contributed by atoms with Crippen molar-refractivity contribution in [3.8, 4) is 33.6 Å². The van der Waals surface area contributed by atoms with Crippen molar-refractivity contribution in [1.29, 1.82) is 0 Å². The molecule has 0 aliphatic rings. The van der Waals surface area contributed by atoms with Gasteiger partial charge in [-0.3, -0.25) is 0 Å². The van der Waals surface area contributed by atoms with Gasteiger partial charge in [0.2, 0.25) is 0 Å². The van der Waals surface area contributed by atoms with Gasteiger partial charge in [0.25, 0.3) is 0 Å². The van der Waals surface area contributed by atoms with Crippen molar-refractivity contribution in [3.05, 3.63) is 139 Å². The van der Waals surface area contributed by atoms with Crippen molar-refractivity contribution in [2.75, 3.05) is 0 Å². The molecule has 7 aromatic rings. The van der Waals surface area contributed by atoms with E-state index in [1.807, 2.05) is 36.5 Å². The Kier molecular flexibility index (Phi) is 11.9. The Labute approximate surface area is 325 Å². The molecule has 0 fully saturated rings. The molecule has 269 valence electrons. The molecule has 0 unspecified atom stereocenters. The molecule has 4 aromatic carbocycles. The first kappa shape index (κ1) is 39.1. The number of pyridine rings is 2. The van der Waals surface area contributed by atoms with Gasteiger partial charge in [-0.15, -0.1) is 54.1 Å². The average molecular weight is 879 g/mol. The van der Waals surface area contributed by atoms with Gasteiger partial charge in [0.15, 0.2) is 0 Å². The Morgan fingerprint density at radius 1 is 0.654 bits per heavy atom. The first-order valence-electron chi connectivity index (χ1n) is 18.0. The number of fused-ring (bicyclic) bond motifs is 3. The maximum atomic E-state index is 6.37. The first-order valence-corrected chi connectivity index (χ1v) is 21.5. The van der Waals surface area contributed by atoms with E-state index >= 15 is 0 Å². The standard InChI is InChI=1S/C28H24NO.C19H26NSi.Ir/c1-28(2,3)18-19-14-15-29-25(16-19)24-11-7-10-23-22-13-12-21(17-26(22)30-27(23)24)20-8-5-4-6-9-20;1-19(2,3)13-16-12-17(15-10-8-7-9-11-15)20-14-18(16)21(4,5)6;/h4-10,12-17H,18H2,1-3H3;7-10,12,14H,13H2,1-6H3;/q2*-1;. The summed E-state index contributed by atoms with van der Waals surface area (Å²) in [6.45, 7) is 20.8. The molecule has 0 aliphatic carbocycles. The van der Waals surface area contributed by atoms with E-state index in [1.54, 1.807) is 0 Å². The van der Waals surface area contributed by atoms with E-state index in [1.165, 1.54) is 21.9 Å². The van der Waals surface area contributed by atoms with Gasteiger partial charge in [-0.1, -0.05) is 138 Å². The quantitative estimate of drug-likeness (QED) is 0.123. The average Bonchev–Trinajstić information content (AvgIpc) is 3.46. The van der Waals surface area contributed by atoms with Gasteiger partial charge >= 0.3 is 0 Å². The van der Waals surface area contributed by atoms with E-state index in [4.69, 9.17) is 9.40 Å². The molecule has 1 radical (unpaired) electrons. The Morgan fingerprint density at radius 3 is 2.06 bits per heavy atom. The molecule has 52 heavy (non-hydrogen) atoms. The van der Waals surface area contributed by atoms with Gasteiger partial charge in [-0.25, -0.2) is 0 Å². The zero-order valence-electron chi connectivity index (χ0n) is 32.0. The van der Waals surface area contributed by atoms with Crippen LogP contribution in [0, 0.1) is 23.0 Å². The van der Waals surface area contributed by atoms with E-state index in [0.717, 1.165) is 62.9 Å². The van der Waals surface area contributed by atoms with Crippen molar-refractivity contribution in [2.45, 2.75) is 74.0 Å². The van der Waals surface area contributed by atoms with Gasteiger partial charge in [0, 0.05) is 37.9 Å². The van der Waals surface area contributed by atoms with Crippen LogP contribution in [0.3, 0.4) is 0 Å². The Morgan fingerprint density at radius 2 is 1.38 bits per heavy atom. The maximum absolute atomic E-state index is 6.37. The minimum absolute atomic E-state index is 0. The zero-order valence-corrected chi connectivity index (χ0v) is 35.4. The monoisotopic (exact) mass is 879 g/mol. The first-order chi connectivity index (χ1) is 24.1. The second-order valence-electron chi connectivity index (χ2n) is 17.1. The molecule has 7 rings (SSSR count). The molecular weight excluding hydrogens is 829 g/mol. The second kappa shape index (κ2) is 15.8. The van der Waals surface area contributed by atoms with Crippen molar-refractivity contribution < 1.29 is 24.5 Å². The summed E-state index contributed by atoms with van der Waals surface area (Å²) in [6, 6.07) is 42.1. The topological polar surface area (TPSA) is 38.9 Å². The number of furan rings is 1. The van der Waals surface area contributed by atoms with Crippen LogP contribution in [0.2, 0.25) is 19.6 Å². The van der Waals surface area contributed by atoms with E-state index in [0.29, 0.717) is 0 Å². The van der Waals surface area contributed by atoms with E-state index < -0.39 is 8.07 Å². The molecule has 3 aromatic heterocycles. The summed E-state index contributed by atoms with van der Waals surface area (Å²) < 4.78 is 6.37. The van der Waals surface area contributed by atoms with Gasteiger partial charge in [0.1, 0.15) is 5.58 Å². The minimum Gasteiger partial charge on any atom is -0.501 e.